The molecular weight excluding hydrogens is 527 g/mol. The lowest BCUT2D eigenvalue weighted by molar-refractivity contribution is -0.124. The number of nitrogens with zero attached hydrogens (tertiary/aromatic N) is 2. The van der Waals surface area contributed by atoms with Crippen LogP contribution in [0.4, 0.5) is 11.5 Å². The number of rotatable bonds is 8. The van der Waals surface area contributed by atoms with E-state index >= 15 is 0 Å². The molecule has 2 heterocycles. The van der Waals surface area contributed by atoms with E-state index < -0.39 is 0 Å². The lowest BCUT2D eigenvalue weighted by Gasteiger charge is -2.20. The van der Waals surface area contributed by atoms with Gasteiger partial charge in [-0.15, -0.1) is 24.8 Å². The molecule has 38 heavy (non-hydrogen) atoms. The summed E-state index contributed by atoms with van der Waals surface area (Å²) in [4.78, 5) is 21.6. The Morgan fingerprint density at radius 2 is 1.87 bits per heavy atom. The SMILES string of the molecule is CC(C)(C)NC(=O)COc1cccc(-c2nc3c(c(Nc4ccc(/C(C=N)=C/N)cc4)n2)COC3)c1.Cl.Cl. The number of ether oxygens (including phenoxy) is 2. The second kappa shape index (κ2) is 13.2. The van der Waals surface area contributed by atoms with Gasteiger partial charge < -0.3 is 31.3 Å². The van der Waals surface area contributed by atoms with Crippen molar-refractivity contribution in [2.75, 3.05) is 11.9 Å². The van der Waals surface area contributed by atoms with Crippen molar-refractivity contribution in [2.24, 2.45) is 5.73 Å². The van der Waals surface area contributed by atoms with Gasteiger partial charge in [0.2, 0.25) is 0 Å². The molecule has 0 saturated carbocycles. The number of amides is 1. The van der Waals surface area contributed by atoms with Gasteiger partial charge in [-0.1, -0.05) is 24.3 Å². The lowest BCUT2D eigenvalue weighted by atomic mass is 10.1. The van der Waals surface area contributed by atoms with E-state index in [0.717, 1.165) is 28.1 Å². The van der Waals surface area contributed by atoms with Crippen molar-refractivity contribution in [1.82, 2.24) is 15.3 Å². The standard InChI is InChI=1S/C27H30N6O3.2ClH/c1-27(2,3)33-24(34)16-36-21-6-4-5-18(11-21)25-31-23-15-35-14-22(23)26(32-25)30-20-9-7-17(8-10-20)19(12-28)13-29;;/h4-13,28H,14-16,29H2,1-3H3,(H,33,34)(H,30,31,32);2*1H/b19-13+,28-12?;;. The van der Waals surface area contributed by atoms with Gasteiger partial charge in [0.25, 0.3) is 5.91 Å². The van der Waals surface area contributed by atoms with Gasteiger partial charge in [-0.2, -0.15) is 0 Å². The van der Waals surface area contributed by atoms with Gasteiger partial charge in [-0.25, -0.2) is 9.97 Å². The van der Waals surface area contributed by atoms with Gasteiger partial charge in [-0.3, -0.25) is 4.79 Å². The summed E-state index contributed by atoms with van der Waals surface area (Å²) < 4.78 is 11.3. The average Bonchev–Trinajstić information content (AvgIpc) is 3.33. The third kappa shape index (κ3) is 7.67. The molecule has 1 aliphatic heterocycles. The van der Waals surface area contributed by atoms with E-state index in [1.165, 1.54) is 12.4 Å². The van der Waals surface area contributed by atoms with Crippen molar-refractivity contribution in [3.63, 3.8) is 0 Å². The molecule has 2 aromatic carbocycles. The number of allylic oxidation sites excluding steroid dienone is 1. The Hall–Kier alpha value is -3.66. The van der Waals surface area contributed by atoms with Crippen LogP contribution in [-0.2, 0) is 22.7 Å². The largest absolute Gasteiger partial charge is 0.484 e. The zero-order chi connectivity index (χ0) is 25.7. The summed E-state index contributed by atoms with van der Waals surface area (Å²) in [6.45, 7) is 6.52. The number of nitrogens with two attached hydrogens (primary N) is 1. The zero-order valence-corrected chi connectivity index (χ0v) is 23.0. The molecule has 0 fully saturated rings. The fourth-order valence-corrected chi connectivity index (χ4v) is 3.72. The fraction of sp³-hybridized carbons (Fsp3) is 0.259. The van der Waals surface area contributed by atoms with E-state index in [9.17, 15) is 4.79 Å². The van der Waals surface area contributed by atoms with Gasteiger partial charge in [0, 0.05) is 40.3 Å². The van der Waals surface area contributed by atoms with Crippen LogP contribution in [0.25, 0.3) is 17.0 Å². The Balaban J connectivity index is 0.00000253. The van der Waals surface area contributed by atoms with Crippen molar-refractivity contribution in [1.29, 1.82) is 5.41 Å². The molecule has 1 amide bonds. The van der Waals surface area contributed by atoms with Crippen LogP contribution in [0.3, 0.4) is 0 Å². The Labute approximate surface area is 234 Å². The van der Waals surface area contributed by atoms with Crippen LogP contribution < -0.4 is 21.1 Å². The molecule has 0 saturated heterocycles. The minimum atomic E-state index is -0.324. The predicted octanol–water partition coefficient (Wildman–Crippen LogP) is 5.00. The first-order valence-electron chi connectivity index (χ1n) is 11.6. The first-order valence-corrected chi connectivity index (χ1v) is 11.6. The van der Waals surface area contributed by atoms with Crippen LogP contribution in [0.5, 0.6) is 5.75 Å². The smallest absolute Gasteiger partial charge is 0.258 e. The molecule has 0 spiro atoms. The summed E-state index contributed by atoms with van der Waals surface area (Å²) in [5.41, 5.74) is 10.1. The van der Waals surface area contributed by atoms with E-state index in [-0.39, 0.29) is 42.9 Å². The predicted molar refractivity (Wildman–Crippen MR) is 155 cm³/mol. The number of halogens is 2. The summed E-state index contributed by atoms with van der Waals surface area (Å²) in [6.07, 6.45) is 2.63. The molecule has 1 aliphatic rings. The van der Waals surface area contributed by atoms with Crippen molar-refractivity contribution >= 4 is 54.0 Å². The topological polar surface area (TPSA) is 135 Å². The van der Waals surface area contributed by atoms with Gasteiger partial charge in [-0.05, 0) is 50.6 Å². The summed E-state index contributed by atoms with van der Waals surface area (Å²) in [5.74, 6) is 1.56. The van der Waals surface area contributed by atoms with E-state index in [2.05, 4.69) is 10.6 Å². The normalized spacial score (nSPS) is 12.4. The van der Waals surface area contributed by atoms with Crippen LogP contribution >= 0.6 is 24.8 Å². The number of benzene rings is 2. The van der Waals surface area contributed by atoms with E-state index in [1.807, 2.05) is 63.2 Å². The van der Waals surface area contributed by atoms with Gasteiger partial charge in [0.05, 0.1) is 18.9 Å². The molecule has 11 heteroatoms. The van der Waals surface area contributed by atoms with Gasteiger partial charge in [0.1, 0.15) is 11.6 Å². The quantitative estimate of drug-likeness (QED) is 0.285. The molecule has 0 bridgehead atoms. The van der Waals surface area contributed by atoms with Crippen molar-refractivity contribution < 1.29 is 14.3 Å². The van der Waals surface area contributed by atoms with Crippen molar-refractivity contribution in [2.45, 2.75) is 39.5 Å². The number of fused-ring (bicyclic) bond motifs is 1. The zero-order valence-electron chi connectivity index (χ0n) is 21.4. The number of aromatic nitrogens is 2. The molecule has 202 valence electrons. The van der Waals surface area contributed by atoms with E-state index in [1.54, 1.807) is 6.07 Å². The highest BCUT2D eigenvalue weighted by Gasteiger charge is 2.21. The highest BCUT2D eigenvalue weighted by Crippen LogP contribution is 2.31. The minimum absolute atomic E-state index is 0. The monoisotopic (exact) mass is 558 g/mol. The van der Waals surface area contributed by atoms with E-state index in [4.69, 9.17) is 30.6 Å². The maximum atomic E-state index is 12.1. The maximum Gasteiger partial charge on any atom is 0.258 e. The maximum absolute atomic E-state index is 12.1. The molecule has 0 atom stereocenters. The van der Waals surface area contributed by atoms with Crippen LogP contribution in [0.15, 0.2) is 54.7 Å². The molecular formula is C27H32Cl2N6O3. The fourth-order valence-electron chi connectivity index (χ4n) is 3.72. The van der Waals surface area contributed by atoms with Crippen molar-refractivity contribution in [3.8, 4) is 17.1 Å². The molecule has 9 nitrogen and oxygen atoms in total. The third-order valence-electron chi connectivity index (χ3n) is 5.37. The molecule has 1 aromatic heterocycles. The van der Waals surface area contributed by atoms with Crippen molar-refractivity contribution in [3.05, 3.63) is 71.6 Å². The Morgan fingerprint density at radius 3 is 2.53 bits per heavy atom. The van der Waals surface area contributed by atoms with E-state index in [0.29, 0.717) is 36.2 Å². The third-order valence-corrected chi connectivity index (χ3v) is 5.37. The molecule has 5 N–H and O–H groups in total. The summed E-state index contributed by atoms with van der Waals surface area (Å²) in [5, 5.41) is 13.7. The number of nitrogens with one attached hydrogen (secondary N) is 3. The molecule has 0 unspecified atom stereocenters. The second-order valence-corrected chi connectivity index (χ2v) is 9.40. The Morgan fingerprint density at radius 1 is 1.13 bits per heavy atom. The second-order valence-electron chi connectivity index (χ2n) is 9.40. The van der Waals surface area contributed by atoms with Crippen LogP contribution in [0.2, 0.25) is 0 Å². The molecule has 3 aromatic rings. The van der Waals surface area contributed by atoms with Gasteiger partial charge >= 0.3 is 0 Å². The summed E-state index contributed by atoms with van der Waals surface area (Å²) >= 11 is 0. The first kappa shape index (κ1) is 30.6. The molecule has 0 aliphatic carbocycles. The number of anilines is 2. The highest BCUT2D eigenvalue weighted by atomic mass is 35.5. The van der Waals surface area contributed by atoms with Crippen LogP contribution in [0, 0.1) is 5.41 Å². The lowest BCUT2D eigenvalue weighted by Crippen LogP contribution is -2.43. The molecule has 4 rings (SSSR count). The summed E-state index contributed by atoms with van der Waals surface area (Å²) in [6, 6.07) is 14.9. The number of carbonyl (C=O) groups excluding carboxylic acids is 1. The Kier molecular flexibility index (Phi) is 10.6. The van der Waals surface area contributed by atoms with Crippen LogP contribution in [0.1, 0.15) is 37.6 Å². The average molecular weight is 559 g/mol. The minimum Gasteiger partial charge on any atom is -0.484 e. The van der Waals surface area contributed by atoms with Gasteiger partial charge in [0.15, 0.2) is 12.4 Å². The number of hydrogen-bond donors (Lipinski definition) is 4. The van der Waals surface area contributed by atoms with Crippen LogP contribution in [-0.4, -0.2) is 34.2 Å². The number of hydrogen-bond acceptors (Lipinski definition) is 8. The Bertz CT molecular complexity index is 1310. The highest BCUT2D eigenvalue weighted by molar-refractivity contribution is 6.08. The first-order chi connectivity index (χ1) is 17.3. The summed E-state index contributed by atoms with van der Waals surface area (Å²) in [7, 11) is 0. The molecule has 0 radical (unpaired) electrons. The number of carbonyl (C=O) groups is 1.